The Morgan fingerprint density at radius 1 is 1.24 bits per heavy atom. The first-order valence-corrected chi connectivity index (χ1v) is 7.23. The summed E-state index contributed by atoms with van der Waals surface area (Å²) in [5, 5.41) is 5.10. The Balaban J connectivity index is 2.25. The lowest BCUT2D eigenvalue weighted by molar-refractivity contribution is -0.122. The van der Waals surface area contributed by atoms with E-state index in [1.54, 1.807) is 12.1 Å². The minimum atomic E-state index is -0.342. The van der Waals surface area contributed by atoms with Crippen molar-refractivity contribution in [2.45, 2.75) is 19.3 Å². The van der Waals surface area contributed by atoms with Gasteiger partial charge in [-0.1, -0.05) is 27.9 Å². The molecule has 2 amide bonds. The topological polar surface area (TPSA) is 58.2 Å². The highest BCUT2D eigenvalue weighted by molar-refractivity contribution is 9.10. The molecule has 0 aliphatic rings. The number of rotatable bonds is 7. The van der Waals surface area contributed by atoms with Crippen LogP contribution in [0.25, 0.3) is 0 Å². The second kappa shape index (κ2) is 9.14. The number of nitrogens with one attached hydrogen (secondary N) is 2. The first-order chi connectivity index (χ1) is 10.0. The Labute approximate surface area is 131 Å². The van der Waals surface area contributed by atoms with Gasteiger partial charge in [-0.2, -0.15) is 0 Å². The van der Waals surface area contributed by atoms with E-state index in [-0.39, 0.29) is 43.6 Å². The van der Waals surface area contributed by atoms with Gasteiger partial charge in [-0.25, -0.2) is 4.39 Å². The summed E-state index contributed by atoms with van der Waals surface area (Å²) in [6.45, 7) is 0.410. The molecule has 0 fully saturated rings. The van der Waals surface area contributed by atoms with Crippen molar-refractivity contribution in [1.29, 1.82) is 0 Å². The zero-order valence-electron chi connectivity index (χ0n) is 11.4. The van der Waals surface area contributed by atoms with Crippen LogP contribution >= 0.6 is 15.9 Å². The summed E-state index contributed by atoms with van der Waals surface area (Å²) in [5.74, 6) is 1.51. The fourth-order valence-electron chi connectivity index (χ4n) is 1.61. The lowest BCUT2D eigenvalue weighted by Crippen LogP contribution is -2.31. The fraction of sp³-hybridized carbons (Fsp3) is 0.333. The average molecular weight is 355 g/mol. The number of hydrogen-bond donors (Lipinski definition) is 2. The third kappa shape index (κ3) is 6.91. The van der Waals surface area contributed by atoms with Gasteiger partial charge in [-0.3, -0.25) is 9.59 Å². The largest absolute Gasteiger partial charge is 0.356 e. The van der Waals surface area contributed by atoms with Gasteiger partial charge >= 0.3 is 0 Å². The molecule has 0 aromatic heterocycles. The van der Waals surface area contributed by atoms with Crippen molar-refractivity contribution >= 4 is 27.7 Å². The number of halogens is 2. The van der Waals surface area contributed by atoms with Gasteiger partial charge in [0.15, 0.2) is 0 Å². The zero-order valence-corrected chi connectivity index (χ0v) is 13.0. The van der Waals surface area contributed by atoms with Crippen molar-refractivity contribution in [2.24, 2.45) is 0 Å². The highest BCUT2D eigenvalue weighted by Gasteiger charge is 2.07. The number of carbonyl (C=O) groups is 2. The second-order valence-electron chi connectivity index (χ2n) is 4.32. The van der Waals surface area contributed by atoms with E-state index in [1.165, 1.54) is 6.07 Å². The number of carbonyl (C=O) groups excluding carboxylic acids is 2. The molecule has 1 rings (SSSR count). The number of amides is 2. The van der Waals surface area contributed by atoms with Crippen LogP contribution < -0.4 is 10.6 Å². The quantitative estimate of drug-likeness (QED) is 0.733. The molecule has 0 spiro atoms. The van der Waals surface area contributed by atoms with Crippen molar-refractivity contribution in [3.05, 3.63) is 34.1 Å². The summed E-state index contributed by atoms with van der Waals surface area (Å²) in [6.07, 6.45) is 5.65. The summed E-state index contributed by atoms with van der Waals surface area (Å²) >= 11 is 3.17. The number of terminal acetylenes is 1. The van der Waals surface area contributed by atoms with Crippen molar-refractivity contribution in [2.75, 3.05) is 13.1 Å². The van der Waals surface area contributed by atoms with Gasteiger partial charge in [0.25, 0.3) is 0 Å². The Morgan fingerprint density at radius 3 is 2.62 bits per heavy atom. The standard InChI is InChI=1S/C15H16BrFN2O2/c1-2-8-18-15(21)7-9-19-14(20)6-4-11-3-5-12(16)10-13(11)17/h1,3,5,10H,4,6-9H2,(H,18,21)(H,19,20). The van der Waals surface area contributed by atoms with Crippen LogP contribution in [0.2, 0.25) is 0 Å². The van der Waals surface area contributed by atoms with E-state index in [4.69, 9.17) is 6.42 Å². The SMILES string of the molecule is C#CCNC(=O)CCNC(=O)CCc1ccc(Br)cc1F. The van der Waals surface area contributed by atoms with Crippen molar-refractivity contribution in [3.63, 3.8) is 0 Å². The molecule has 21 heavy (non-hydrogen) atoms. The molecular formula is C15H16BrFN2O2. The normalized spacial score (nSPS) is 9.76. The van der Waals surface area contributed by atoms with Crippen LogP contribution in [0, 0.1) is 18.2 Å². The van der Waals surface area contributed by atoms with Crippen LogP contribution in [0.5, 0.6) is 0 Å². The fourth-order valence-corrected chi connectivity index (χ4v) is 1.95. The molecule has 0 heterocycles. The minimum absolute atomic E-state index is 0.167. The molecule has 0 unspecified atom stereocenters. The third-order valence-corrected chi connectivity index (χ3v) is 3.19. The van der Waals surface area contributed by atoms with Gasteiger partial charge in [0.2, 0.25) is 11.8 Å². The molecule has 0 saturated heterocycles. The van der Waals surface area contributed by atoms with Crippen LogP contribution in [-0.4, -0.2) is 24.9 Å². The van der Waals surface area contributed by atoms with E-state index in [0.29, 0.717) is 16.5 Å². The Bertz CT molecular complexity index is 555. The summed E-state index contributed by atoms with van der Waals surface area (Å²) in [7, 11) is 0. The molecule has 4 nitrogen and oxygen atoms in total. The Kier molecular flexibility index (Phi) is 7.48. The van der Waals surface area contributed by atoms with E-state index in [1.807, 2.05) is 0 Å². The molecule has 0 bridgehead atoms. The maximum absolute atomic E-state index is 13.5. The lowest BCUT2D eigenvalue weighted by Gasteiger charge is -2.06. The van der Waals surface area contributed by atoms with E-state index in [2.05, 4.69) is 32.5 Å². The first-order valence-electron chi connectivity index (χ1n) is 6.43. The smallest absolute Gasteiger partial charge is 0.222 e. The predicted molar refractivity (Wildman–Crippen MR) is 81.9 cm³/mol. The minimum Gasteiger partial charge on any atom is -0.356 e. The Morgan fingerprint density at radius 2 is 1.95 bits per heavy atom. The van der Waals surface area contributed by atoms with Crippen LogP contribution in [0.4, 0.5) is 4.39 Å². The van der Waals surface area contributed by atoms with Gasteiger partial charge in [0.05, 0.1) is 6.54 Å². The van der Waals surface area contributed by atoms with Crippen molar-refractivity contribution in [3.8, 4) is 12.3 Å². The molecule has 0 radical (unpaired) electrons. The van der Waals surface area contributed by atoms with Crippen LogP contribution in [0.1, 0.15) is 18.4 Å². The van der Waals surface area contributed by atoms with E-state index >= 15 is 0 Å². The number of aryl methyl sites for hydroxylation is 1. The molecule has 0 atom stereocenters. The number of benzene rings is 1. The Hall–Kier alpha value is -1.87. The van der Waals surface area contributed by atoms with E-state index < -0.39 is 0 Å². The molecule has 1 aromatic carbocycles. The predicted octanol–water partition coefficient (Wildman–Crippen LogP) is 1.78. The molecule has 6 heteroatoms. The third-order valence-electron chi connectivity index (χ3n) is 2.70. The van der Waals surface area contributed by atoms with Gasteiger partial charge in [0.1, 0.15) is 5.82 Å². The first kappa shape index (κ1) is 17.2. The lowest BCUT2D eigenvalue weighted by atomic mass is 10.1. The van der Waals surface area contributed by atoms with Crippen molar-refractivity contribution < 1.29 is 14.0 Å². The molecular weight excluding hydrogens is 339 g/mol. The second-order valence-corrected chi connectivity index (χ2v) is 5.23. The average Bonchev–Trinajstić information content (AvgIpc) is 2.44. The summed E-state index contributed by atoms with van der Waals surface area (Å²) in [6, 6.07) is 4.73. The van der Waals surface area contributed by atoms with Gasteiger partial charge in [0, 0.05) is 23.9 Å². The van der Waals surface area contributed by atoms with Crippen LogP contribution in [0.15, 0.2) is 22.7 Å². The molecule has 1 aromatic rings. The van der Waals surface area contributed by atoms with Gasteiger partial charge in [-0.05, 0) is 24.1 Å². The maximum Gasteiger partial charge on any atom is 0.222 e. The molecule has 0 saturated carbocycles. The highest BCUT2D eigenvalue weighted by atomic mass is 79.9. The van der Waals surface area contributed by atoms with Crippen molar-refractivity contribution in [1.82, 2.24) is 10.6 Å². The van der Waals surface area contributed by atoms with Gasteiger partial charge < -0.3 is 10.6 Å². The van der Waals surface area contributed by atoms with E-state index in [0.717, 1.165) is 0 Å². The van der Waals surface area contributed by atoms with Crippen LogP contribution in [0.3, 0.4) is 0 Å². The molecule has 2 N–H and O–H groups in total. The highest BCUT2D eigenvalue weighted by Crippen LogP contribution is 2.16. The van der Waals surface area contributed by atoms with Crippen LogP contribution in [-0.2, 0) is 16.0 Å². The summed E-state index contributed by atoms with van der Waals surface area (Å²) in [4.78, 5) is 22.8. The van der Waals surface area contributed by atoms with Gasteiger partial charge in [-0.15, -0.1) is 6.42 Å². The maximum atomic E-state index is 13.5. The molecule has 112 valence electrons. The summed E-state index contributed by atoms with van der Waals surface area (Å²) < 4.78 is 14.2. The van der Waals surface area contributed by atoms with E-state index in [9.17, 15) is 14.0 Å². The monoisotopic (exact) mass is 354 g/mol. The number of hydrogen-bond acceptors (Lipinski definition) is 2. The summed E-state index contributed by atoms with van der Waals surface area (Å²) in [5.41, 5.74) is 0.486. The zero-order chi connectivity index (χ0) is 15.7. The molecule has 0 aliphatic carbocycles. The molecule has 0 aliphatic heterocycles.